The van der Waals surface area contributed by atoms with Crippen LogP contribution in [0.15, 0.2) is 34.1 Å². The number of sulfone groups is 1. The molecule has 1 unspecified atom stereocenters. The molecule has 1 aromatic carbocycles. The van der Waals surface area contributed by atoms with E-state index in [0.29, 0.717) is 10.8 Å². The number of carbonyl (C=O) groups is 1. The smallest absolute Gasteiger partial charge is 0.230 e. The van der Waals surface area contributed by atoms with E-state index in [1.807, 2.05) is 6.92 Å². The Kier molecular flexibility index (Phi) is 8.12. The van der Waals surface area contributed by atoms with Crippen LogP contribution in [0.4, 0.5) is 0 Å². The highest BCUT2D eigenvalue weighted by Gasteiger charge is 2.14. The molecule has 0 fully saturated rings. The van der Waals surface area contributed by atoms with Crippen molar-refractivity contribution in [1.29, 1.82) is 0 Å². The summed E-state index contributed by atoms with van der Waals surface area (Å²) in [7, 11) is -3.28. The molecular weight excluding hydrogens is 330 g/mol. The summed E-state index contributed by atoms with van der Waals surface area (Å²) in [5.74, 6) is 0.845. The lowest BCUT2D eigenvalue weighted by Gasteiger charge is -2.14. The van der Waals surface area contributed by atoms with Gasteiger partial charge in [0.2, 0.25) is 5.91 Å². The van der Waals surface area contributed by atoms with E-state index in [9.17, 15) is 13.2 Å². The van der Waals surface area contributed by atoms with E-state index in [1.54, 1.807) is 24.3 Å². The Labute approximate surface area is 144 Å². The highest BCUT2D eigenvalue weighted by atomic mass is 32.2. The standard InChI is InChI=1S/C17H27NO3S2/c1-13(2)8-7-9-14(3)18-17(19)12-22-15-10-5-6-11-16(15)23(4,20)21/h5-6,10-11,13-14H,7-9,12H2,1-4H3,(H,18,19). The molecule has 1 atom stereocenters. The van der Waals surface area contributed by atoms with Crippen LogP contribution < -0.4 is 5.32 Å². The van der Waals surface area contributed by atoms with Crippen molar-refractivity contribution in [2.24, 2.45) is 5.92 Å². The maximum absolute atomic E-state index is 12.0. The van der Waals surface area contributed by atoms with Gasteiger partial charge < -0.3 is 5.32 Å². The molecule has 23 heavy (non-hydrogen) atoms. The molecule has 1 aromatic rings. The average molecular weight is 358 g/mol. The molecule has 0 saturated heterocycles. The molecule has 0 aromatic heterocycles. The summed E-state index contributed by atoms with van der Waals surface area (Å²) in [6, 6.07) is 6.93. The van der Waals surface area contributed by atoms with Crippen molar-refractivity contribution in [2.45, 2.75) is 55.9 Å². The lowest BCUT2D eigenvalue weighted by atomic mass is 10.0. The Balaban J connectivity index is 2.48. The van der Waals surface area contributed by atoms with Gasteiger partial charge in [0.05, 0.1) is 10.6 Å². The van der Waals surface area contributed by atoms with Crippen LogP contribution in [0, 0.1) is 5.92 Å². The number of nitrogens with one attached hydrogen (secondary N) is 1. The largest absolute Gasteiger partial charge is 0.353 e. The number of rotatable bonds is 9. The molecule has 4 nitrogen and oxygen atoms in total. The van der Waals surface area contributed by atoms with Gasteiger partial charge in [0.25, 0.3) is 0 Å². The second kappa shape index (κ2) is 9.33. The van der Waals surface area contributed by atoms with Crippen LogP contribution in [0.3, 0.4) is 0 Å². The van der Waals surface area contributed by atoms with Gasteiger partial charge >= 0.3 is 0 Å². The Morgan fingerprint density at radius 3 is 2.43 bits per heavy atom. The molecule has 1 amide bonds. The van der Waals surface area contributed by atoms with Crippen molar-refractivity contribution >= 4 is 27.5 Å². The summed E-state index contributed by atoms with van der Waals surface area (Å²) in [6.07, 6.45) is 4.41. The van der Waals surface area contributed by atoms with Crippen molar-refractivity contribution in [3.8, 4) is 0 Å². The zero-order chi connectivity index (χ0) is 17.5. The molecule has 6 heteroatoms. The lowest BCUT2D eigenvalue weighted by Crippen LogP contribution is -2.33. The van der Waals surface area contributed by atoms with Crippen molar-refractivity contribution in [3.05, 3.63) is 24.3 Å². The fourth-order valence-corrected chi connectivity index (χ4v) is 4.39. The molecule has 0 aliphatic carbocycles. The van der Waals surface area contributed by atoms with Crippen LogP contribution in [0.1, 0.15) is 40.0 Å². The van der Waals surface area contributed by atoms with Crippen molar-refractivity contribution in [2.75, 3.05) is 12.0 Å². The van der Waals surface area contributed by atoms with E-state index in [0.717, 1.165) is 19.3 Å². The van der Waals surface area contributed by atoms with Gasteiger partial charge in [-0.3, -0.25) is 4.79 Å². The third-order valence-electron chi connectivity index (χ3n) is 3.43. The predicted octanol–water partition coefficient (Wildman–Crippen LogP) is 3.51. The summed E-state index contributed by atoms with van der Waals surface area (Å²) < 4.78 is 23.5. The fraction of sp³-hybridized carbons (Fsp3) is 0.588. The molecule has 0 aliphatic heterocycles. The fourth-order valence-electron chi connectivity index (χ4n) is 2.24. The first-order valence-electron chi connectivity index (χ1n) is 7.91. The van der Waals surface area contributed by atoms with Crippen LogP contribution in [0.2, 0.25) is 0 Å². The Morgan fingerprint density at radius 2 is 1.83 bits per heavy atom. The molecule has 0 radical (unpaired) electrons. The molecule has 1 N–H and O–H groups in total. The molecule has 0 aliphatic rings. The Hall–Kier alpha value is -1.01. The average Bonchev–Trinajstić information content (AvgIpc) is 2.44. The molecule has 1 rings (SSSR count). The van der Waals surface area contributed by atoms with Gasteiger partial charge in [-0.15, -0.1) is 11.8 Å². The van der Waals surface area contributed by atoms with Gasteiger partial charge in [-0.05, 0) is 31.4 Å². The van der Waals surface area contributed by atoms with E-state index in [1.165, 1.54) is 18.0 Å². The summed E-state index contributed by atoms with van der Waals surface area (Å²) in [5, 5.41) is 2.97. The van der Waals surface area contributed by atoms with Gasteiger partial charge in [-0.1, -0.05) is 38.8 Å². The molecule has 0 saturated carbocycles. The van der Waals surface area contributed by atoms with Gasteiger partial charge in [-0.2, -0.15) is 0 Å². The number of hydrogen-bond donors (Lipinski definition) is 1. The third-order valence-corrected chi connectivity index (χ3v) is 5.79. The highest BCUT2D eigenvalue weighted by Crippen LogP contribution is 2.26. The van der Waals surface area contributed by atoms with Crippen LogP contribution >= 0.6 is 11.8 Å². The monoisotopic (exact) mass is 357 g/mol. The second-order valence-electron chi connectivity index (χ2n) is 6.30. The van der Waals surface area contributed by atoms with E-state index in [2.05, 4.69) is 19.2 Å². The molecule has 0 heterocycles. The van der Waals surface area contributed by atoms with Crippen molar-refractivity contribution in [1.82, 2.24) is 5.32 Å². The van der Waals surface area contributed by atoms with Crippen molar-refractivity contribution < 1.29 is 13.2 Å². The minimum Gasteiger partial charge on any atom is -0.353 e. The van der Waals surface area contributed by atoms with Gasteiger partial charge in [-0.25, -0.2) is 8.42 Å². The zero-order valence-corrected chi connectivity index (χ0v) is 16.0. The summed E-state index contributed by atoms with van der Waals surface area (Å²) in [4.78, 5) is 12.9. The SMILES string of the molecule is CC(C)CCCC(C)NC(=O)CSc1ccccc1S(C)(=O)=O. The summed E-state index contributed by atoms with van der Waals surface area (Å²) in [6.45, 7) is 6.39. The number of thioether (sulfide) groups is 1. The van der Waals surface area contributed by atoms with Gasteiger partial charge in [0.15, 0.2) is 9.84 Å². The topological polar surface area (TPSA) is 63.2 Å². The first kappa shape index (κ1) is 20.0. The molecule has 0 spiro atoms. The summed E-state index contributed by atoms with van der Waals surface area (Å²) in [5.41, 5.74) is 0. The van der Waals surface area contributed by atoms with Crippen LogP contribution in [-0.4, -0.2) is 32.4 Å². The van der Waals surface area contributed by atoms with Gasteiger partial charge in [0.1, 0.15) is 0 Å². The van der Waals surface area contributed by atoms with Crippen LogP contribution in [0.25, 0.3) is 0 Å². The number of hydrogen-bond acceptors (Lipinski definition) is 4. The Bertz CT molecular complexity index is 612. The molecular formula is C17H27NO3S2. The zero-order valence-electron chi connectivity index (χ0n) is 14.3. The minimum absolute atomic E-state index is 0.0599. The molecule has 130 valence electrons. The van der Waals surface area contributed by atoms with Crippen molar-refractivity contribution in [3.63, 3.8) is 0 Å². The second-order valence-corrected chi connectivity index (χ2v) is 9.30. The number of carbonyl (C=O) groups excluding carboxylic acids is 1. The molecule has 0 bridgehead atoms. The Morgan fingerprint density at radius 1 is 1.17 bits per heavy atom. The van der Waals surface area contributed by atoms with E-state index >= 15 is 0 Å². The number of benzene rings is 1. The number of amides is 1. The maximum atomic E-state index is 12.0. The minimum atomic E-state index is -3.28. The lowest BCUT2D eigenvalue weighted by molar-refractivity contribution is -0.119. The van der Waals surface area contributed by atoms with E-state index in [4.69, 9.17) is 0 Å². The summed E-state index contributed by atoms with van der Waals surface area (Å²) >= 11 is 1.26. The van der Waals surface area contributed by atoms with Gasteiger partial charge in [0, 0.05) is 17.2 Å². The quantitative estimate of drug-likeness (QED) is 0.687. The third kappa shape index (κ3) is 7.88. The van der Waals surface area contributed by atoms with E-state index < -0.39 is 9.84 Å². The van der Waals surface area contributed by atoms with Crippen LogP contribution in [-0.2, 0) is 14.6 Å². The first-order valence-corrected chi connectivity index (χ1v) is 10.8. The first-order chi connectivity index (χ1) is 10.7. The maximum Gasteiger partial charge on any atom is 0.230 e. The van der Waals surface area contributed by atoms with Crippen LogP contribution in [0.5, 0.6) is 0 Å². The highest BCUT2D eigenvalue weighted by molar-refractivity contribution is 8.00. The normalized spacial score (nSPS) is 13.1. The van der Waals surface area contributed by atoms with E-state index in [-0.39, 0.29) is 22.6 Å². The predicted molar refractivity (Wildman–Crippen MR) is 96.6 cm³/mol.